The van der Waals surface area contributed by atoms with Crippen molar-refractivity contribution in [3.63, 3.8) is 0 Å². The van der Waals surface area contributed by atoms with E-state index in [1.165, 1.54) is 17.8 Å². The molecule has 4 rings (SSSR count). The summed E-state index contributed by atoms with van der Waals surface area (Å²) in [5, 5.41) is 10.4. The van der Waals surface area contributed by atoms with Crippen LogP contribution in [0.4, 0.5) is 0 Å². The number of methoxy groups -OCH3 is 1. The first-order valence-corrected chi connectivity index (χ1v) is 11.7. The molecule has 0 radical (unpaired) electrons. The third-order valence-corrected chi connectivity index (χ3v) is 6.96. The number of likely N-dealkylation sites (tertiary alicyclic amines) is 1. The number of nitrogens with zero attached hydrogens (tertiary/aromatic N) is 1. The molecule has 0 atom stereocenters. The van der Waals surface area contributed by atoms with E-state index in [1.54, 1.807) is 7.11 Å². The van der Waals surface area contributed by atoms with Crippen LogP contribution in [0.2, 0.25) is 0 Å². The summed E-state index contributed by atoms with van der Waals surface area (Å²) in [6.45, 7) is 3.67. The molecule has 1 N–H and O–H groups in total. The van der Waals surface area contributed by atoms with Crippen molar-refractivity contribution >= 4 is 33.3 Å². The molecule has 1 amide bonds. The summed E-state index contributed by atoms with van der Waals surface area (Å²) in [6.07, 6.45) is 4.57. The van der Waals surface area contributed by atoms with Gasteiger partial charge in [-0.2, -0.15) is 0 Å². The lowest BCUT2D eigenvalue weighted by Gasteiger charge is -2.26. The maximum atomic E-state index is 12.4. The molecule has 2 heterocycles. The summed E-state index contributed by atoms with van der Waals surface area (Å²) in [6, 6.07) is 11.2. The van der Waals surface area contributed by atoms with Crippen LogP contribution in [-0.2, 0) is 11.2 Å². The molecule has 1 fully saturated rings. The topological polar surface area (TPSA) is 76.1 Å². The zero-order chi connectivity index (χ0) is 22.7. The van der Waals surface area contributed by atoms with Crippen LogP contribution in [-0.4, -0.2) is 42.1 Å². The predicted molar refractivity (Wildman–Crippen MR) is 125 cm³/mol. The van der Waals surface area contributed by atoms with Gasteiger partial charge in [0.1, 0.15) is 11.5 Å². The second-order valence-corrected chi connectivity index (χ2v) is 9.12. The van der Waals surface area contributed by atoms with Crippen LogP contribution in [0.25, 0.3) is 10.1 Å². The molecule has 1 aliphatic heterocycles. The Balaban J connectivity index is 1.50. The highest BCUT2D eigenvalue weighted by molar-refractivity contribution is 7.21. The van der Waals surface area contributed by atoms with Crippen LogP contribution >= 0.6 is 11.3 Å². The summed E-state index contributed by atoms with van der Waals surface area (Å²) >= 11 is 1.19. The minimum absolute atomic E-state index is 0.156. The molecule has 32 heavy (non-hydrogen) atoms. The quantitative estimate of drug-likeness (QED) is 0.500. The van der Waals surface area contributed by atoms with Crippen molar-refractivity contribution in [2.75, 3.05) is 20.2 Å². The number of hydrogen-bond donors (Lipinski definition) is 1. The molecule has 1 aromatic heterocycles. The molecule has 7 heteroatoms. The van der Waals surface area contributed by atoms with E-state index in [4.69, 9.17) is 9.47 Å². The van der Waals surface area contributed by atoms with Crippen molar-refractivity contribution in [1.82, 2.24) is 4.90 Å². The van der Waals surface area contributed by atoms with Crippen molar-refractivity contribution in [3.05, 3.63) is 52.4 Å². The Labute approximate surface area is 191 Å². The fourth-order valence-corrected chi connectivity index (χ4v) is 5.11. The highest BCUT2D eigenvalue weighted by atomic mass is 32.1. The summed E-state index contributed by atoms with van der Waals surface area (Å²) < 4.78 is 12.3. The maximum absolute atomic E-state index is 12.4. The lowest BCUT2D eigenvalue weighted by molar-refractivity contribution is -0.132. The Bertz CT molecular complexity index is 1130. The minimum Gasteiger partial charge on any atom is -0.496 e. The van der Waals surface area contributed by atoms with E-state index < -0.39 is 5.97 Å². The number of benzene rings is 2. The van der Waals surface area contributed by atoms with Gasteiger partial charge in [0.05, 0.1) is 7.11 Å². The standard InChI is InChI=1S/C25H27NO5S/c1-16-14-21-19(15-20(16)30-2)23(24(32-21)25(28)29)31-18-9-6-17(7-10-18)8-11-22(27)26-12-4-3-5-13-26/h6-7,9-10,14-15H,3-5,8,11-13H2,1-2H3,(H,28,29). The van der Waals surface area contributed by atoms with Gasteiger partial charge in [-0.15, -0.1) is 11.3 Å². The first-order chi connectivity index (χ1) is 15.5. The third-order valence-electron chi connectivity index (χ3n) is 5.83. The van der Waals surface area contributed by atoms with E-state index in [-0.39, 0.29) is 10.8 Å². The molecule has 6 nitrogen and oxygen atoms in total. The smallest absolute Gasteiger partial charge is 0.349 e. The number of carboxylic acid groups (broad SMARTS) is 1. The van der Waals surface area contributed by atoms with Gasteiger partial charge < -0.3 is 19.5 Å². The van der Waals surface area contributed by atoms with Crippen molar-refractivity contribution in [3.8, 4) is 17.2 Å². The first-order valence-electron chi connectivity index (χ1n) is 10.8. The van der Waals surface area contributed by atoms with Gasteiger partial charge >= 0.3 is 5.97 Å². The normalized spacial score (nSPS) is 13.9. The zero-order valence-corrected chi connectivity index (χ0v) is 19.2. The number of hydrogen-bond acceptors (Lipinski definition) is 5. The van der Waals surface area contributed by atoms with E-state index in [0.717, 1.165) is 41.8 Å². The lowest BCUT2D eigenvalue weighted by atomic mass is 10.1. The number of carboxylic acids is 1. The summed E-state index contributed by atoms with van der Waals surface area (Å²) in [5.41, 5.74) is 1.99. The molecule has 0 spiro atoms. The molecular weight excluding hydrogens is 426 g/mol. The summed E-state index contributed by atoms with van der Waals surface area (Å²) in [7, 11) is 1.59. The lowest BCUT2D eigenvalue weighted by Crippen LogP contribution is -2.35. The predicted octanol–water partition coefficient (Wildman–Crippen LogP) is 5.65. The Kier molecular flexibility index (Phi) is 6.65. The van der Waals surface area contributed by atoms with Gasteiger partial charge in [0, 0.05) is 29.6 Å². The van der Waals surface area contributed by atoms with Gasteiger partial charge in [0.25, 0.3) is 0 Å². The second-order valence-electron chi connectivity index (χ2n) is 8.07. The van der Waals surface area contributed by atoms with Gasteiger partial charge in [-0.1, -0.05) is 12.1 Å². The van der Waals surface area contributed by atoms with Gasteiger partial charge in [0.2, 0.25) is 5.91 Å². The van der Waals surface area contributed by atoms with E-state index in [9.17, 15) is 14.7 Å². The summed E-state index contributed by atoms with van der Waals surface area (Å²) in [4.78, 5) is 26.3. The number of rotatable bonds is 7. The van der Waals surface area contributed by atoms with Crippen LogP contribution in [0.3, 0.4) is 0 Å². The van der Waals surface area contributed by atoms with Gasteiger partial charge in [-0.05, 0) is 68.0 Å². The van der Waals surface area contributed by atoms with Gasteiger partial charge in [0.15, 0.2) is 10.6 Å². The van der Waals surface area contributed by atoms with Gasteiger partial charge in [-0.25, -0.2) is 4.79 Å². The van der Waals surface area contributed by atoms with Crippen LogP contribution in [0, 0.1) is 6.92 Å². The second kappa shape index (κ2) is 9.61. The Hall–Kier alpha value is -3.06. The highest BCUT2D eigenvalue weighted by Gasteiger charge is 2.22. The van der Waals surface area contributed by atoms with Crippen molar-refractivity contribution in [2.45, 2.75) is 39.0 Å². The van der Waals surface area contributed by atoms with Crippen molar-refractivity contribution < 1.29 is 24.2 Å². The number of carbonyl (C=O) groups is 2. The van der Waals surface area contributed by atoms with Crippen LogP contribution in [0.15, 0.2) is 36.4 Å². The zero-order valence-electron chi connectivity index (χ0n) is 18.3. The average molecular weight is 454 g/mol. The number of piperidine rings is 1. The minimum atomic E-state index is -1.02. The largest absolute Gasteiger partial charge is 0.496 e. The monoisotopic (exact) mass is 453 g/mol. The molecule has 168 valence electrons. The van der Waals surface area contributed by atoms with E-state index in [2.05, 4.69) is 0 Å². The molecule has 0 bridgehead atoms. The number of aromatic carboxylic acids is 1. The fourth-order valence-electron chi connectivity index (χ4n) is 4.06. The number of fused-ring (bicyclic) bond motifs is 1. The number of amides is 1. The molecule has 1 aliphatic rings. The van der Waals surface area contributed by atoms with E-state index in [0.29, 0.717) is 35.5 Å². The van der Waals surface area contributed by atoms with Crippen LogP contribution in [0.5, 0.6) is 17.2 Å². The molecule has 2 aromatic carbocycles. The SMILES string of the molecule is COc1cc2c(Oc3ccc(CCC(=O)N4CCCCC4)cc3)c(C(=O)O)sc2cc1C. The fraction of sp³-hybridized carbons (Fsp3) is 0.360. The number of ether oxygens (including phenoxy) is 2. The Morgan fingerprint density at radius 1 is 1.09 bits per heavy atom. The molecule has 1 saturated heterocycles. The average Bonchev–Trinajstić information content (AvgIpc) is 3.15. The van der Waals surface area contributed by atoms with Crippen LogP contribution < -0.4 is 9.47 Å². The van der Waals surface area contributed by atoms with Crippen LogP contribution in [0.1, 0.15) is 46.5 Å². The van der Waals surface area contributed by atoms with E-state index in [1.807, 2.05) is 48.2 Å². The molecular formula is C25H27NO5S. The van der Waals surface area contributed by atoms with Gasteiger partial charge in [-0.3, -0.25) is 4.79 Å². The first kappa shape index (κ1) is 22.1. The molecule has 0 aliphatic carbocycles. The molecule has 3 aromatic rings. The number of thiophene rings is 1. The Morgan fingerprint density at radius 2 is 1.81 bits per heavy atom. The Morgan fingerprint density at radius 3 is 2.47 bits per heavy atom. The molecule has 0 unspecified atom stereocenters. The summed E-state index contributed by atoms with van der Waals surface area (Å²) in [5.74, 6) is 0.753. The molecule has 0 saturated carbocycles. The third kappa shape index (κ3) is 4.72. The van der Waals surface area contributed by atoms with Crippen molar-refractivity contribution in [1.29, 1.82) is 0 Å². The highest BCUT2D eigenvalue weighted by Crippen LogP contribution is 2.43. The maximum Gasteiger partial charge on any atom is 0.349 e. The van der Waals surface area contributed by atoms with E-state index >= 15 is 0 Å². The van der Waals surface area contributed by atoms with Crippen molar-refractivity contribution in [2.24, 2.45) is 0 Å². The number of aryl methyl sites for hydroxylation is 2. The number of carbonyl (C=O) groups excluding carboxylic acids is 1.